The third-order valence-corrected chi connectivity index (χ3v) is 3.36. The fourth-order valence-corrected chi connectivity index (χ4v) is 2.35. The lowest BCUT2D eigenvalue weighted by molar-refractivity contribution is -0.139. The van der Waals surface area contributed by atoms with Crippen LogP contribution in [0.25, 0.3) is 0 Å². The summed E-state index contributed by atoms with van der Waals surface area (Å²) in [5.74, 6) is -0.524. The highest BCUT2D eigenvalue weighted by molar-refractivity contribution is 7.13. The number of hydrogen-bond donors (Lipinski definition) is 1. The Morgan fingerprint density at radius 2 is 2.50 bits per heavy atom. The van der Waals surface area contributed by atoms with E-state index >= 15 is 0 Å². The Kier molecular flexibility index (Phi) is 4.27. The molecule has 1 aromatic rings. The summed E-state index contributed by atoms with van der Waals surface area (Å²) in [6, 6.07) is 0. The lowest BCUT2D eigenvalue weighted by Gasteiger charge is -2.07. The molecule has 18 heavy (non-hydrogen) atoms. The van der Waals surface area contributed by atoms with Gasteiger partial charge in [-0.3, -0.25) is 14.9 Å². The highest BCUT2D eigenvalue weighted by Crippen LogP contribution is 2.19. The fraction of sp³-hybridized carbons (Fsp3) is 0.545. The van der Waals surface area contributed by atoms with Crippen LogP contribution in [0.1, 0.15) is 18.5 Å². The summed E-state index contributed by atoms with van der Waals surface area (Å²) in [5, 5.41) is 4.89. The Morgan fingerprint density at radius 1 is 1.67 bits per heavy atom. The van der Waals surface area contributed by atoms with Crippen LogP contribution >= 0.6 is 11.3 Å². The first-order chi connectivity index (χ1) is 8.69. The lowest BCUT2D eigenvalue weighted by atomic mass is 10.2. The average molecular weight is 270 g/mol. The van der Waals surface area contributed by atoms with E-state index in [1.807, 2.05) is 0 Å². The lowest BCUT2D eigenvalue weighted by Crippen LogP contribution is -2.26. The molecule has 0 aliphatic carbocycles. The highest BCUT2D eigenvalue weighted by atomic mass is 32.1. The first-order valence-electron chi connectivity index (χ1n) is 5.62. The van der Waals surface area contributed by atoms with Gasteiger partial charge in [0, 0.05) is 12.0 Å². The predicted molar refractivity (Wildman–Crippen MR) is 65.4 cm³/mol. The number of methoxy groups -OCH3 is 1. The van der Waals surface area contributed by atoms with Crippen molar-refractivity contribution in [2.75, 3.05) is 19.0 Å². The number of ether oxygens (including phenoxy) is 2. The molecule has 0 bridgehead atoms. The molecule has 1 atom stereocenters. The van der Waals surface area contributed by atoms with Gasteiger partial charge in [-0.15, -0.1) is 11.3 Å². The van der Waals surface area contributed by atoms with Crippen LogP contribution in [-0.4, -0.2) is 36.7 Å². The second-order valence-corrected chi connectivity index (χ2v) is 4.75. The number of esters is 1. The zero-order chi connectivity index (χ0) is 13.0. The van der Waals surface area contributed by atoms with E-state index in [4.69, 9.17) is 4.74 Å². The molecule has 0 saturated carbocycles. The predicted octanol–water partition coefficient (Wildman–Crippen LogP) is 0.976. The number of amides is 1. The van der Waals surface area contributed by atoms with Crippen LogP contribution in [-0.2, 0) is 25.5 Å². The molecule has 0 radical (unpaired) electrons. The van der Waals surface area contributed by atoms with Gasteiger partial charge in [0.25, 0.3) is 5.91 Å². The largest absolute Gasteiger partial charge is 0.469 e. The molecule has 1 saturated heterocycles. The SMILES string of the molecule is COC(=O)Cc1csc(NC(=O)[C@H]2CCCO2)n1. The zero-order valence-electron chi connectivity index (χ0n) is 9.97. The Labute approximate surface area is 108 Å². The standard InChI is InChI=1S/C11H14N2O4S/c1-16-9(14)5-7-6-18-11(12-7)13-10(15)8-3-2-4-17-8/h6,8H,2-5H2,1H3,(H,12,13,15)/t8-/m1/s1. The van der Waals surface area contributed by atoms with E-state index in [2.05, 4.69) is 15.0 Å². The molecule has 1 aliphatic rings. The molecule has 0 aromatic carbocycles. The van der Waals surface area contributed by atoms with Crippen molar-refractivity contribution in [2.24, 2.45) is 0 Å². The molecule has 1 fully saturated rings. The van der Waals surface area contributed by atoms with Crippen molar-refractivity contribution in [2.45, 2.75) is 25.4 Å². The third-order valence-electron chi connectivity index (χ3n) is 2.56. The van der Waals surface area contributed by atoms with Crippen LogP contribution in [0.15, 0.2) is 5.38 Å². The summed E-state index contributed by atoms with van der Waals surface area (Å²) in [6.45, 7) is 0.629. The van der Waals surface area contributed by atoms with Crippen molar-refractivity contribution in [3.8, 4) is 0 Å². The summed E-state index contributed by atoms with van der Waals surface area (Å²) in [5.41, 5.74) is 0.592. The van der Waals surface area contributed by atoms with Gasteiger partial charge >= 0.3 is 5.97 Å². The van der Waals surface area contributed by atoms with Crippen molar-refractivity contribution in [3.05, 3.63) is 11.1 Å². The number of thiazole rings is 1. The maximum atomic E-state index is 11.7. The molecule has 1 amide bonds. The van der Waals surface area contributed by atoms with Crippen molar-refractivity contribution in [1.82, 2.24) is 4.98 Å². The Bertz CT molecular complexity index is 440. The molecule has 2 heterocycles. The van der Waals surface area contributed by atoms with Gasteiger partial charge in [-0.2, -0.15) is 0 Å². The summed E-state index contributed by atoms with van der Waals surface area (Å²) >= 11 is 1.28. The van der Waals surface area contributed by atoms with Gasteiger partial charge in [0.2, 0.25) is 0 Å². The van der Waals surface area contributed by atoms with E-state index in [1.165, 1.54) is 18.4 Å². The van der Waals surface area contributed by atoms with E-state index < -0.39 is 0 Å². The molecule has 6 nitrogen and oxygen atoms in total. The fourth-order valence-electron chi connectivity index (χ4n) is 1.64. The Hall–Kier alpha value is -1.47. The number of aromatic nitrogens is 1. The summed E-state index contributed by atoms with van der Waals surface area (Å²) in [7, 11) is 1.33. The van der Waals surface area contributed by atoms with Crippen molar-refractivity contribution >= 4 is 28.3 Å². The number of anilines is 1. The molecule has 0 unspecified atom stereocenters. The number of nitrogens with zero attached hydrogens (tertiary/aromatic N) is 1. The zero-order valence-corrected chi connectivity index (χ0v) is 10.8. The van der Waals surface area contributed by atoms with Crippen LogP contribution in [0.2, 0.25) is 0 Å². The summed E-state index contributed by atoms with van der Waals surface area (Å²) < 4.78 is 9.81. The van der Waals surface area contributed by atoms with Gasteiger partial charge < -0.3 is 9.47 Å². The Balaban J connectivity index is 1.89. The second-order valence-electron chi connectivity index (χ2n) is 3.89. The number of carbonyl (C=O) groups excluding carboxylic acids is 2. The molecule has 1 aromatic heterocycles. The molecular formula is C11H14N2O4S. The van der Waals surface area contributed by atoms with Crippen LogP contribution in [0.4, 0.5) is 5.13 Å². The minimum Gasteiger partial charge on any atom is -0.469 e. The molecule has 7 heteroatoms. The smallest absolute Gasteiger partial charge is 0.311 e. The Morgan fingerprint density at radius 3 is 3.17 bits per heavy atom. The number of nitrogens with one attached hydrogen (secondary N) is 1. The second kappa shape index (κ2) is 5.92. The number of carbonyl (C=O) groups is 2. The first-order valence-corrected chi connectivity index (χ1v) is 6.50. The number of hydrogen-bond acceptors (Lipinski definition) is 6. The monoisotopic (exact) mass is 270 g/mol. The third kappa shape index (κ3) is 3.27. The van der Waals surface area contributed by atoms with E-state index in [9.17, 15) is 9.59 Å². The normalized spacial score (nSPS) is 18.6. The maximum Gasteiger partial charge on any atom is 0.311 e. The summed E-state index contributed by atoms with van der Waals surface area (Å²) in [4.78, 5) is 26.9. The van der Waals surface area contributed by atoms with Crippen LogP contribution < -0.4 is 5.32 Å². The van der Waals surface area contributed by atoms with Crippen molar-refractivity contribution in [1.29, 1.82) is 0 Å². The van der Waals surface area contributed by atoms with E-state index in [0.717, 1.165) is 12.8 Å². The average Bonchev–Trinajstić information content (AvgIpc) is 3.00. The molecule has 98 valence electrons. The molecule has 1 aliphatic heterocycles. The van der Waals surface area contributed by atoms with Crippen LogP contribution in [0.5, 0.6) is 0 Å². The minimum absolute atomic E-state index is 0.114. The quantitative estimate of drug-likeness (QED) is 0.825. The molecule has 0 spiro atoms. The number of rotatable bonds is 4. The maximum absolute atomic E-state index is 11.7. The van der Waals surface area contributed by atoms with E-state index in [-0.39, 0.29) is 24.4 Å². The minimum atomic E-state index is -0.377. The van der Waals surface area contributed by atoms with Gasteiger partial charge in [0.1, 0.15) is 6.10 Å². The van der Waals surface area contributed by atoms with Gasteiger partial charge in [0.15, 0.2) is 5.13 Å². The molecule has 1 N–H and O–H groups in total. The van der Waals surface area contributed by atoms with Crippen molar-refractivity contribution < 1.29 is 19.1 Å². The van der Waals surface area contributed by atoms with Gasteiger partial charge in [-0.25, -0.2) is 4.98 Å². The summed E-state index contributed by atoms with van der Waals surface area (Å²) in [6.07, 6.45) is 1.39. The van der Waals surface area contributed by atoms with Gasteiger partial charge in [0.05, 0.1) is 19.2 Å². The van der Waals surface area contributed by atoms with Crippen LogP contribution in [0.3, 0.4) is 0 Å². The van der Waals surface area contributed by atoms with Crippen LogP contribution in [0, 0.1) is 0 Å². The van der Waals surface area contributed by atoms with Gasteiger partial charge in [-0.1, -0.05) is 0 Å². The van der Waals surface area contributed by atoms with Gasteiger partial charge in [-0.05, 0) is 12.8 Å². The van der Waals surface area contributed by atoms with E-state index in [1.54, 1.807) is 5.38 Å². The first kappa shape index (κ1) is 13.0. The molecule has 2 rings (SSSR count). The highest BCUT2D eigenvalue weighted by Gasteiger charge is 2.24. The molecular weight excluding hydrogens is 256 g/mol. The van der Waals surface area contributed by atoms with Crippen molar-refractivity contribution in [3.63, 3.8) is 0 Å². The van der Waals surface area contributed by atoms with E-state index in [0.29, 0.717) is 17.4 Å². The topological polar surface area (TPSA) is 77.5 Å².